The maximum Gasteiger partial charge on any atom is 0.412 e. The van der Waals surface area contributed by atoms with Gasteiger partial charge in [-0.25, -0.2) is 19.3 Å². The number of aliphatic hydroxyl groups is 5. The van der Waals surface area contributed by atoms with Gasteiger partial charge in [0.2, 0.25) is 0 Å². The lowest BCUT2D eigenvalue weighted by atomic mass is 9.86. The van der Waals surface area contributed by atoms with Crippen LogP contribution in [-0.4, -0.2) is 106 Å². The summed E-state index contributed by atoms with van der Waals surface area (Å²) < 4.78 is 24.7. The SMILES string of the molecule is CCc1c2c(nc3ccc(OC(=O)NCCCCCOCc4cn([C@H]5O[C@@H](CO)[C@H](O)[C@@H](O)[C@@H]5O)nn4)cc13)-c1cc3c(c(=O)n1C2)COC(=O)[C@]3(O)CC. The smallest absolute Gasteiger partial charge is 0.412 e. The number of cyclic esters (lactones) is 1. The van der Waals surface area contributed by atoms with E-state index in [0.717, 1.165) is 22.9 Å². The molecular formula is C37H44N6O12. The van der Waals surface area contributed by atoms with E-state index in [1.54, 1.807) is 35.8 Å². The maximum absolute atomic E-state index is 13.6. The molecule has 18 nitrogen and oxygen atoms in total. The first-order valence-electron chi connectivity index (χ1n) is 18.4. The molecule has 1 fully saturated rings. The predicted molar refractivity (Wildman–Crippen MR) is 190 cm³/mol. The molecule has 0 unspecified atom stereocenters. The van der Waals surface area contributed by atoms with Gasteiger partial charge in [-0.3, -0.25) is 4.79 Å². The van der Waals surface area contributed by atoms with E-state index in [9.17, 15) is 39.9 Å². The van der Waals surface area contributed by atoms with Crippen molar-refractivity contribution in [1.82, 2.24) is 29.9 Å². The average molecular weight is 765 g/mol. The van der Waals surface area contributed by atoms with E-state index >= 15 is 0 Å². The van der Waals surface area contributed by atoms with Gasteiger partial charge in [0.25, 0.3) is 5.56 Å². The number of carbonyl (C=O) groups excluding carboxylic acids is 2. The largest absolute Gasteiger partial charge is 0.458 e. The molecule has 7 rings (SSSR count). The summed E-state index contributed by atoms with van der Waals surface area (Å²) >= 11 is 0. The van der Waals surface area contributed by atoms with Crippen LogP contribution in [-0.2, 0) is 50.8 Å². The first-order chi connectivity index (χ1) is 26.5. The number of pyridine rings is 2. The van der Waals surface area contributed by atoms with Gasteiger partial charge in [0, 0.05) is 29.7 Å². The van der Waals surface area contributed by atoms with Crippen LogP contribution in [0.3, 0.4) is 0 Å². The van der Waals surface area contributed by atoms with Crippen molar-refractivity contribution in [2.75, 3.05) is 19.8 Å². The van der Waals surface area contributed by atoms with Crippen LogP contribution in [0.15, 0.2) is 35.3 Å². The van der Waals surface area contributed by atoms with Gasteiger partial charge in [0.05, 0.1) is 48.4 Å². The number of nitrogens with zero attached hydrogens (tertiary/aromatic N) is 5. The van der Waals surface area contributed by atoms with Crippen LogP contribution in [0.5, 0.6) is 5.75 Å². The lowest BCUT2D eigenvalue weighted by Crippen LogP contribution is -2.56. The number of amides is 1. The van der Waals surface area contributed by atoms with Crippen LogP contribution < -0.4 is 15.6 Å². The fraction of sp³-hybridized carbons (Fsp3) is 0.514. The Bertz CT molecular complexity index is 2150. The first-order valence-corrected chi connectivity index (χ1v) is 18.4. The number of rotatable bonds is 13. The molecular weight excluding hydrogens is 720 g/mol. The van der Waals surface area contributed by atoms with Gasteiger partial charge in [-0.05, 0) is 61.9 Å². The van der Waals surface area contributed by atoms with Gasteiger partial charge >= 0.3 is 12.1 Å². The highest BCUT2D eigenvalue weighted by Gasteiger charge is 2.46. The molecule has 3 aromatic heterocycles. The highest BCUT2D eigenvalue weighted by molar-refractivity contribution is 5.90. The number of carbonyl (C=O) groups is 2. The Morgan fingerprint density at radius 1 is 1.07 bits per heavy atom. The third-order valence-electron chi connectivity index (χ3n) is 10.5. The Morgan fingerprint density at radius 3 is 2.65 bits per heavy atom. The molecule has 6 atom stereocenters. The van der Waals surface area contributed by atoms with E-state index in [2.05, 4.69) is 15.6 Å². The molecule has 3 aliphatic heterocycles. The molecule has 0 bridgehead atoms. The normalized spacial score (nSPS) is 24.3. The minimum absolute atomic E-state index is 0.0566. The third-order valence-corrected chi connectivity index (χ3v) is 10.5. The summed E-state index contributed by atoms with van der Waals surface area (Å²) in [6, 6.07) is 6.86. The number of esters is 1. The van der Waals surface area contributed by atoms with Gasteiger partial charge in [-0.2, -0.15) is 0 Å². The third kappa shape index (κ3) is 7.10. The van der Waals surface area contributed by atoms with Crippen molar-refractivity contribution in [2.24, 2.45) is 0 Å². The minimum atomic E-state index is -1.91. The van der Waals surface area contributed by atoms with Crippen molar-refractivity contribution in [3.05, 3.63) is 68.8 Å². The molecule has 6 N–H and O–H groups in total. The van der Waals surface area contributed by atoms with E-state index in [1.807, 2.05) is 6.92 Å². The van der Waals surface area contributed by atoms with Gasteiger partial charge in [-0.15, -0.1) is 5.10 Å². The number of aliphatic hydroxyl groups excluding tert-OH is 4. The van der Waals surface area contributed by atoms with Crippen LogP contribution >= 0.6 is 0 Å². The number of fused-ring (bicyclic) bond motifs is 5. The quantitative estimate of drug-likeness (QED) is 0.0713. The maximum atomic E-state index is 13.6. The zero-order valence-corrected chi connectivity index (χ0v) is 30.4. The van der Waals surface area contributed by atoms with Crippen LogP contribution in [0.4, 0.5) is 4.79 Å². The highest BCUT2D eigenvalue weighted by Crippen LogP contribution is 2.41. The molecule has 3 aliphatic rings. The molecule has 0 aliphatic carbocycles. The molecule has 0 spiro atoms. The number of unbranched alkanes of at least 4 members (excludes halogenated alkanes) is 2. The Morgan fingerprint density at radius 2 is 1.89 bits per heavy atom. The van der Waals surface area contributed by atoms with E-state index in [-0.39, 0.29) is 42.9 Å². The van der Waals surface area contributed by atoms with Gasteiger partial charge in [0.1, 0.15) is 42.5 Å². The van der Waals surface area contributed by atoms with Crippen molar-refractivity contribution in [3.8, 4) is 17.1 Å². The second kappa shape index (κ2) is 15.7. The number of ether oxygens (including phenoxy) is 4. The zero-order valence-electron chi connectivity index (χ0n) is 30.4. The molecule has 4 aromatic rings. The summed E-state index contributed by atoms with van der Waals surface area (Å²) in [6.07, 6.45) is -2.95. The molecule has 55 heavy (non-hydrogen) atoms. The van der Waals surface area contributed by atoms with E-state index < -0.39 is 54.9 Å². The molecule has 6 heterocycles. The fourth-order valence-corrected chi connectivity index (χ4v) is 7.43. The Kier molecular flexibility index (Phi) is 11.0. The van der Waals surface area contributed by atoms with E-state index in [4.69, 9.17) is 23.9 Å². The topological polar surface area (TPSA) is 250 Å². The van der Waals surface area contributed by atoms with Gasteiger partial charge in [-0.1, -0.05) is 19.1 Å². The number of hydrogen-bond donors (Lipinski definition) is 6. The first kappa shape index (κ1) is 38.5. The lowest BCUT2D eigenvalue weighted by Gasteiger charge is -2.39. The monoisotopic (exact) mass is 764 g/mol. The summed E-state index contributed by atoms with van der Waals surface area (Å²) in [7, 11) is 0. The number of hydrogen-bond acceptors (Lipinski definition) is 15. The van der Waals surface area contributed by atoms with Crippen molar-refractivity contribution in [3.63, 3.8) is 0 Å². The predicted octanol–water partition coefficient (Wildman–Crippen LogP) is 0.681. The second-order valence-corrected chi connectivity index (χ2v) is 13.9. The number of aromatic nitrogens is 5. The molecule has 1 amide bonds. The highest BCUT2D eigenvalue weighted by atomic mass is 16.6. The lowest BCUT2D eigenvalue weighted by molar-refractivity contribution is -0.254. The second-order valence-electron chi connectivity index (χ2n) is 13.9. The Hall–Kier alpha value is -4.82. The standard InChI is InChI=1S/C37H44N6O12/c1-3-21-22-12-20(8-9-26(22)39-29-23(21)15-42-27(29)13-25-24(33(42)48)18-53-35(49)37(25,51)4-2)54-36(50)38-10-6-5-7-11-52-17-19-14-43(41-40-19)34-32(47)31(46)30(45)28(16-44)55-34/h8-9,12-14,28,30-32,34,44-47,51H,3-7,10-11,15-18H2,1-2H3,(H,38,50)/t28-,30-,31+,32-,34-,37-/m0/s1. The van der Waals surface area contributed by atoms with Crippen LogP contribution in [0, 0.1) is 0 Å². The van der Waals surface area contributed by atoms with Crippen molar-refractivity contribution in [2.45, 2.75) is 102 Å². The molecule has 1 aromatic carbocycles. The molecule has 0 radical (unpaired) electrons. The molecule has 18 heteroatoms. The van der Waals surface area contributed by atoms with Crippen molar-refractivity contribution < 1.29 is 54.1 Å². The van der Waals surface area contributed by atoms with E-state index in [1.165, 1.54) is 10.9 Å². The summed E-state index contributed by atoms with van der Waals surface area (Å²) in [4.78, 5) is 43.6. The van der Waals surface area contributed by atoms with Gasteiger partial charge < -0.3 is 54.4 Å². The van der Waals surface area contributed by atoms with Crippen LogP contribution in [0.1, 0.15) is 73.7 Å². The summed E-state index contributed by atoms with van der Waals surface area (Å²) in [6.45, 7) is 4.12. The van der Waals surface area contributed by atoms with Gasteiger partial charge in [0.15, 0.2) is 11.8 Å². The van der Waals surface area contributed by atoms with E-state index in [0.29, 0.717) is 60.8 Å². The fourth-order valence-electron chi connectivity index (χ4n) is 7.43. The summed E-state index contributed by atoms with van der Waals surface area (Å²) in [5.41, 5.74) is 2.33. The number of benzene rings is 1. The number of aryl methyl sites for hydroxylation is 1. The van der Waals surface area contributed by atoms with Crippen LogP contribution in [0.2, 0.25) is 0 Å². The molecule has 0 saturated carbocycles. The Balaban J connectivity index is 0.895. The summed E-state index contributed by atoms with van der Waals surface area (Å²) in [5.74, 6) is -0.436. The molecule has 294 valence electrons. The van der Waals surface area contributed by atoms with Crippen molar-refractivity contribution in [1.29, 1.82) is 0 Å². The average Bonchev–Trinajstić information content (AvgIpc) is 3.81. The zero-order chi connectivity index (χ0) is 39.0. The molecule has 1 saturated heterocycles. The minimum Gasteiger partial charge on any atom is -0.458 e. The summed E-state index contributed by atoms with van der Waals surface area (Å²) in [5, 5.41) is 62.3. The van der Waals surface area contributed by atoms with Crippen LogP contribution in [0.25, 0.3) is 22.3 Å². The Labute approximate surface area is 314 Å². The van der Waals surface area contributed by atoms with Crippen molar-refractivity contribution >= 4 is 23.0 Å². The number of nitrogens with one attached hydrogen (secondary N) is 1.